The van der Waals surface area contributed by atoms with Gasteiger partial charge in [0.25, 0.3) is 6.47 Å². The Kier molecular flexibility index (Phi) is 5.43. The van der Waals surface area contributed by atoms with Gasteiger partial charge in [-0.05, 0) is 5.56 Å². The van der Waals surface area contributed by atoms with Crippen molar-refractivity contribution in [2.75, 3.05) is 20.5 Å². The van der Waals surface area contributed by atoms with E-state index >= 15 is 0 Å². The SMILES string of the molecule is COCO[C@@H](COC=O)c1ccccc1. The maximum absolute atomic E-state index is 10.1. The Morgan fingerprint density at radius 1 is 1.33 bits per heavy atom. The minimum atomic E-state index is -0.281. The van der Waals surface area contributed by atoms with Crippen molar-refractivity contribution in [3.05, 3.63) is 35.9 Å². The molecule has 1 aromatic carbocycles. The van der Waals surface area contributed by atoms with Crippen LogP contribution in [-0.4, -0.2) is 27.0 Å². The highest BCUT2D eigenvalue weighted by Gasteiger charge is 2.11. The molecule has 0 heterocycles. The molecule has 0 unspecified atom stereocenters. The molecule has 0 N–H and O–H groups in total. The second kappa shape index (κ2) is 6.98. The Labute approximate surface area is 88.8 Å². The van der Waals surface area contributed by atoms with Crippen LogP contribution in [0, 0.1) is 0 Å². The Morgan fingerprint density at radius 2 is 2.07 bits per heavy atom. The van der Waals surface area contributed by atoms with Crippen molar-refractivity contribution in [3.63, 3.8) is 0 Å². The number of hydrogen-bond acceptors (Lipinski definition) is 4. The molecule has 1 atom stereocenters. The number of rotatable bonds is 7. The van der Waals surface area contributed by atoms with Crippen LogP contribution in [0.2, 0.25) is 0 Å². The first-order chi connectivity index (χ1) is 7.38. The quantitative estimate of drug-likeness (QED) is 0.505. The second-order valence-electron chi connectivity index (χ2n) is 2.90. The molecule has 0 bridgehead atoms. The van der Waals surface area contributed by atoms with Crippen molar-refractivity contribution >= 4 is 6.47 Å². The number of ether oxygens (including phenoxy) is 3. The molecule has 82 valence electrons. The van der Waals surface area contributed by atoms with E-state index in [2.05, 4.69) is 4.74 Å². The van der Waals surface area contributed by atoms with Crippen LogP contribution in [0.1, 0.15) is 11.7 Å². The molecule has 15 heavy (non-hydrogen) atoms. The molecule has 0 aliphatic heterocycles. The van der Waals surface area contributed by atoms with Gasteiger partial charge in [-0.25, -0.2) is 0 Å². The first-order valence-corrected chi connectivity index (χ1v) is 4.59. The van der Waals surface area contributed by atoms with E-state index in [9.17, 15) is 4.79 Å². The van der Waals surface area contributed by atoms with Gasteiger partial charge in [0.05, 0.1) is 0 Å². The monoisotopic (exact) mass is 210 g/mol. The van der Waals surface area contributed by atoms with E-state index in [1.54, 1.807) is 7.11 Å². The van der Waals surface area contributed by atoms with Gasteiger partial charge in [-0.15, -0.1) is 0 Å². The summed E-state index contributed by atoms with van der Waals surface area (Å²) in [6.45, 7) is 0.769. The van der Waals surface area contributed by atoms with Gasteiger partial charge in [-0.2, -0.15) is 0 Å². The summed E-state index contributed by atoms with van der Waals surface area (Å²) < 4.78 is 14.9. The topological polar surface area (TPSA) is 44.8 Å². The van der Waals surface area contributed by atoms with Crippen molar-refractivity contribution in [1.82, 2.24) is 0 Å². The predicted molar refractivity (Wildman–Crippen MR) is 54.2 cm³/mol. The lowest BCUT2D eigenvalue weighted by Gasteiger charge is -2.16. The number of hydrogen-bond donors (Lipinski definition) is 0. The molecule has 0 radical (unpaired) electrons. The molecular formula is C11H14O4. The lowest BCUT2D eigenvalue weighted by atomic mass is 10.1. The van der Waals surface area contributed by atoms with Crippen LogP contribution in [0.3, 0.4) is 0 Å². The largest absolute Gasteiger partial charge is 0.465 e. The second-order valence-corrected chi connectivity index (χ2v) is 2.90. The third kappa shape index (κ3) is 4.10. The molecule has 4 heteroatoms. The zero-order valence-electron chi connectivity index (χ0n) is 8.59. The van der Waals surface area contributed by atoms with Crippen LogP contribution >= 0.6 is 0 Å². The molecule has 0 amide bonds. The van der Waals surface area contributed by atoms with Crippen molar-refractivity contribution in [3.8, 4) is 0 Å². The number of carbonyl (C=O) groups excluding carboxylic acids is 1. The van der Waals surface area contributed by atoms with Gasteiger partial charge in [-0.1, -0.05) is 30.3 Å². The van der Waals surface area contributed by atoms with E-state index in [4.69, 9.17) is 9.47 Å². The molecule has 0 aromatic heterocycles. The average Bonchev–Trinajstić information content (AvgIpc) is 2.30. The van der Waals surface area contributed by atoms with Gasteiger partial charge in [0.15, 0.2) is 0 Å². The fraction of sp³-hybridized carbons (Fsp3) is 0.364. The molecule has 1 aromatic rings. The van der Waals surface area contributed by atoms with Crippen molar-refractivity contribution in [2.45, 2.75) is 6.10 Å². The summed E-state index contributed by atoms with van der Waals surface area (Å²) in [5.41, 5.74) is 0.955. The fourth-order valence-electron chi connectivity index (χ4n) is 1.19. The third-order valence-corrected chi connectivity index (χ3v) is 1.87. The van der Waals surface area contributed by atoms with E-state index in [0.717, 1.165) is 5.56 Å². The molecule has 0 saturated heterocycles. The standard InChI is InChI=1S/C11H14O4/c1-13-9-15-11(7-14-8-12)10-5-3-2-4-6-10/h2-6,8,11H,7,9H2,1H3/t11-/m0/s1. The fourth-order valence-corrected chi connectivity index (χ4v) is 1.19. The predicted octanol–water partition coefficient (Wildman–Crippen LogP) is 1.52. The van der Waals surface area contributed by atoms with E-state index in [1.165, 1.54) is 0 Å². The highest BCUT2D eigenvalue weighted by Crippen LogP contribution is 2.16. The van der Waals surface area contributed by atoms with Crippen LogP contribution < -0.4 is 0 Å². The van der Waals surface area contributed by atoms with Crippen molar-refractivity contribution in [1.29, 1.82) is 0 Å². The molecule has 1 rings (SSSR count). The van der Waals surface area contributed by atoms with Crippen molar-refractivity contribution in [2.24, 2.45) is 0 Å². The van der Waals surface area contributed by atoms with E-state index in [-0.39, 0.29) is 19.5 Å². The highest BCUT2D eigenvalue weighted by atomic mass is 16.7. The Balaban J connectivity index is 2.58. The average molecular weight is 210 g/mol. The van der Waals surface area contributed by atoms with Gasteiger partial charge in [0.2, 0.25) is 0 Å². The summed E-state index contributed by atoms with van der Waals surface area (Å²) in [4.78, 5) is 10.1. The molecule has 0 saturated carbocycles. The van der Waals surface area contributed by atoms with Gasteiger partial charge in [0, 0.05) is 7.11 Å². The molecule has 0 spiro atoms. The Morgan fingerprint density at radius 3 is 2.67 bits per heavy atom. The van der Waals surface area contributed by atoms with Gasteiger partial charge < -0.3 is 14.2 Å². The van der Waals surface area contributed by atoms with Crippen LogP contribution in [0.25, 0.3) is 0 Å². The summed E-state index contributed by atoms with van der Waals surface area (Å²) in [6.07, 6.45) is -0.281. The summed E-state index contributed by atoms with van der Waals surface area (Å²) in [5.74, 6) is 0. The highest BCUT2D eigenvalue weighted by molar-refractivity contribution is 5.37. The summed E-state index contributed by atoms with van der Waals surface area (Å²) in [7, 11) is 1.54. The lowest BCUT2D eigenvalue weighted by Crippen LogP contribution is -2.13. The zero-order valence-corrected chi connectivity index (χ0v) is 8.59. The smallest absolute Gasteiger partial charge is 0.293 e. The third-order valence-electron chi connectivity index (χ3n) is 1.87. The zero-order chi connectivity index (χ0) is 10.9. The molecule has 4 nitrogen and oxygen atoms in total. The van der Waals surface area contributed by atoms with E-state index < -0.39 is 0 Å². The van der Waals surface area contributed by atoms with Crippen molar-refractivity contribution < 1.29 is 19.0 Å². The minimum Gasteiger partial charge on any atom is -0.465 e. The van der Waals surface area contributed by atoms with Gasteiger partial charge >= 0.3 is 0 Å². The van der Waals surface area contributed by atoms with Crippen LogP contribution in [-0.2, 0) is 19.0 Å². The summed E-state index contributed by atoms with van der Waals surface area (Å²) in [6, 6.07) is 9.54. The molecule has 0 fully saturated rings. The minimum absolute atomic E-state index is 0.168. The number of carbonyl (C=O) groups is 1. The maximum Gasteiger partial charge on any atom is 0.293 e. The van der Waals surface area contributed by atoms with Crippen LogP contribution in [0.15, 0.2) is 30.3 Å². The first kappa shape index (κ1) is 11.7. The maximum atomic E-state index is 10.1. The van der Waals surface area contributed by atoms with Gasteiger partial charge in [0.1, 0.15) is 19.5 Å². The first-order valence-electron chi connectivity index (χ1n) is 4.59. The molecule has 0 aliphatic carbocycles. The summed E-state index contributed by atoms with van der Waals surface area (Å²) >= 11 is 0. The number of benzene rings is 1. The number of methoxy groups -OCH3 is 1. The molecule has 0 aliphatic rings. The van der Waals surface area contributed by atoms with E-state index in [0.29, 0.717) is 6.47 Å². The Hall–Kier alpha value is -1.39. The normalized spacial score (nSPS) is 12.1. The van der Waals surface area contributed by atoms with E-state index in [1.807, 2.05) is 30.3 Å². The van der Waals surface area contributed by atoms with Gasteiger partial charge in [-0.3, -0.25) is 4.79 Å². The van der Waals surface area contributed by atoms with Crippen LogP contribution in [0.5, 0.6) is 0 Å². The summed E-state index contributed by atoms with van der Waals surface area (Å²) in [5, 5.41) is 0. The van der Waals surface area contributed by atoms with Crippen LogP contribution in [0.4, 0.5) is 0 Å². The molecular weight excluding hydrogens is 196 g/mol. The Bertz CT molecular complexity index is 273. The lowest BCUT2D eigenvalue weighted by molar-refractivity contribution is -0.138.